The summed E-state index contributed by atoms with van der Waals surface area (Å²) in [6.07, 6.45) is 7.79. The molecule has 1 aromatic rings. The van der Waals surface area contributed by atoms with Crippen molar-refractivity contribution in [1.82, 2.24) is 15.5 Å². The van der Waals surface area contributed by atoms with Gasteiger partial charge >= 0.3 is 6.03 Å². The summed E-state index contributed by atoms with van der Waals surface area (Å²) < 4.78 is 0.738. The fraction of sp³-hybridized carbons (Fsp3) is 0.550. The molecule has 4 amide bonds. The molecule has 1 atom stereocenters. The lowest BCUT2D eigenvalue weighted by atomic mass is 9.92. The number of carbonyl (C=O) groups excluding carboxylic acids is 3. The zero-order chi connectivity index (χ0) is 19.4. The zero-order valence-electron chi connectivity index (χ0n) is 15.6. The summed E-state index contributed by atoms with van der Waals surface area (Å²) in [5.41, 5.74) is -0.510. The molecule has 27 heavy (non-hydrogen) atoms. The number of benzene rings is 1. The third-order valence-electron chi connectivity index (χ3n) is 5.46. The Morgan fingerprint density at radius 2 is 1.81 bits per heavy atom. The van der Waals surface area contributed by atoms with Gasteiger partial charge in [0.25, 0.3) is 5.91 Å². The molecule has 1 unspecified atom stereocenters. The van der Waals surface area contributed by atoms with Crippen LogP contribution in [-0.2, 0) is 15.1 Å². The van der Waals surface area contributed by atoms with Crippen molar-refractivity contribution in [3.05, 3.63) is 34.3 Å². The molecule has 146 valence electrons. The second kappa shape index (κ2) is 8.42. The van der Waals surface area contributed by atoms with E-state index < -0.39 is 17.5 Å². The first-order valence-electron chi connectivity index (χ1n) is 9.60. The van der Waals surface area contributed by atoms with Crippen LogP contribution < -0.4 is 10.6 Å². The van der Waals surface area contributed by atoms with E-state index in [1.165, 1.54) is 19.3 Å². The van der Waals surface area contributed by atoms with Gasteiger partial charge in [0.15, 0.2) is 0 Å². The fourth-order valence-electron chi connectivity index (χ4n) is 3.91. The molecule has 1 aliphatic heterocycles. The number of hydrogen-bond donors (Lipinski definition) is 2. The van der Waals surface area contributed by atoms with Gasteiger partial charge in [-0.1, -0.05) is 66.2 Å². The normalized spacial score (nSPS) is 24.3. The lowest BCUT2D eigenvalue weighted by Gasteiger charge is -2.24. The van der Waals surface area contributed by atoms with E-state index in [-0.39, 0.29) is 18.5 Å². The molecule has 7 heteroatoms. The van der Waals surface area contributed by atoms with Crippen LogP contribution in [0.5, 0.6) is 0 Å². The van der Waals surface area contributed by atoms with Gasteiger partial charge in [0, 0.05) is 16.1 Å². The van der Waals surface area contributed by atoms with Crippen molar-refractivity contribution in [3.8, 4) is 0 Å². The smallest absolute Gasteiger partial charge is 0.325 e. The van der Waals surface area contributed by atoms with E-state index in [0.29, 0.717) is 5.56 Å². The van der Waals surface area contributed by atoms with E-state index in [1.54, 1.807) is 13.0 Å². The molecule has 1 aliphatic carbocycles. The number of amides is 4. The lowest BCUT2D eigenvalue weighted by Crippen LogP contribution is -2.45. The van der Waals surface area contributed by atoms with E-state index >= 15 is 0 Å². The summed E-state index contributed by atoms with van der Waals surface area (Å²) in [7, 11) is 0. The maximum absolute atomic E-state index is 13.0. The van der Waals surface area contributed by atoms with Crippen molar-refractivity contribution >= 4 is 33.8 Å². The second-order valence-corrected chi connectivity index (χ2v) is 8.39. The number of hydrogen-bond acceptors (Lipinski definition) is 3. The van der Waals surface area contributed by atoms with Gasteiger partial charge in [-0.25, -0.2) is 4.79 Å². The molecular formula is C20H26BrN3O3. The third kappa shape index (κ3) is 4.34. The largest absolute Gasteiger partial charge is 0.352 e. The number of halogens is 1. The van der Waals surface area contributed by atoms with Crippen molar-refractivity contribution in [2.45, 2.75) is 63.5 Å². The van der Waals surface area contributed by atoms with Gasteiger partial charge in [0.1, 0.15) is 12.1 Å². The Labute approximate surface area is 168 Å². The quantitative estimate of drug-likeness (QED) is 0.710. The van der Waals surface area contributed by atoms with E-state index in [2.05, 4.69) is 26.6 Å². The van der Waals surface area contributed by atoms with Gasteiger partial charge in [-0.05, 0) is 25.8 Å². The molecule has 0 bridgehead atoms. The third-order valence-corrected chi connectivity index (χ3v) is 6.15. The standard InChI is InChI=1S/C20H26BrN3O3/c1-20(15-11-7-8-12-16(15)21)18(26)24(19(27)23-20)13-17(25)22-14-9-5-3-2-4-6-10-14/h7-8,11-12,14H,2-6,9-10,13H2,1H3,(H,22,25)(H,23,27). The van der Waals surface area contributed by atoms with Crippen LogP contribution in [0.15, 0.2) is 28.7 Å². The molecule has 0 spiro atoms. The molecule has 0 aromatic heterocycles. The summed E-state index contributed by atoms with van der Waals surface area (Å²) >= 11 is 3.44. The van der Waals surface area contributed by atoms with Crippen LogP contribution in [-0.4, -0.2) is 35.3 Å². The van der Waals surface area contributed by atoms with Crippen LogP contribution in [0.25, 0.3) is 0 Å². The first-order chi connectivity index (χ1) is 12.9. The maximum Gasteiger partial charge on any atom is 0.325 e. The van der Waals surface area contributed by atoms with Crippen molar-refractivity contribution in [2.75, 3.05) is 6.54 Å². The predicted molar refractivity (Wildman–Crippen MR) is 106 cm³/mol. The Balaban J connectivity index is 1.66. The number of imide groups is 1. The Hall–Kier alpha value is -1.89. The van der Waals surface area contributed by atoms with Crippen LogP contribution in [0.1, 0.15) is 57.4 Å². The van der Waals surface area contributed by atoms with E-state index in [1.807, 2.05) is 18.2 Å². The summed E-state index contributed by atoms with van der Waals surface area (Å²) in [4.78, 5) is 38.9. The van der Waals surface area contributed by atoms with Crippen molar-refractivity contribution in [3.63, 3.8) is 0 Å². The van der Waals surface area contributed by atoms with Gasteiger partial charge in [-0.15, -0.1) is 0 Å². The second-order valence-electron chi connectivity index (χ2n) is 7.54. The summed E-state index contributed by atoms with van der Waals surface area (Å²) in [6, 6.07) is 6.87. The Bertz CT molecular complexity index is 731. The maximum atomic E-state index is 13.0. The lowest BCUT2D eigenvalue weighted by molar-refractivity contribution is -0.135. The Morgan fingerprint density at radius 1 is 1.19 bits per heavy atom. The Morgan fingerprint density at radius 3 is 2.48 bits per heavy atom. The first-order valence-corrected chi connectivity index (χ1v) is 10.4. The molecule has 3 rings (SSSR count). The summed E-state index contributed by atoms with van der Waals surface area (Å²) in [6.45, 7) is 1.42. The fourth-order valence-corrected chi connectivity index (χ4v) is 4.59. The van der Waals surface area contributed by atoms with E-state index in [9.17, 15) is 14.4 Å². The topological polar surface area (TPSA) is 78.5 Å². The number of rotatable bonds is 4. The average Bonchev–Trinajstić information content (AvgIpc) is 2.81. The molecule has 1 aromatic carbocycles. The molecular weight excluding hydrogens is 410 g/mol. The summed E-state index contributed by atoms with van der Waals surface area (Å²) in [5, 5.41) is 5.75. The van der Waals surface area contributed by atoms with Gasteiger partial charge in [-0.2, -0.15) is 0 Å². The van der Waals surface area contributed by atoms with E-state index in [4.69, 9.17) is 0 Å². The minimum atomic E-state index is -1.18. The monoisotopic (exact) mass is 435 g/mol. The molecule has 2 fully saturated rings. The highest BCUT2D eigenvalue weighted by Gasteiger charge is 2.50. The Kier molecular flexibility index (Phi) is 6.19. The number of carbonyl (C=O) groups is 3. The van der Waals surface area contributed by atoms with Crippen LogP contribution in [0.3, 0.4) is 0 Å². The molecule has 2 aliphatic rings. The van der Waals surface area contributed by atoms with Crippen molar-refractivity contribution < 1.29 is 14.4 Å². The SMILES string of the molecule is CC1(c2ccccc2Br)NC(=O)N(CC(=O)NC2CCCCCCC2)C1=O. The van der Waals surface area contributed by atoms with Gasteiger partial charge in [0.05, 0.1) is 0 Å². The minimum absolute atomic E-state index is 0.133. The number of nitrogens with zero attached hydrogens (tertiary/aromatic N) is 1. The highest BCUT2D eigenvalue weighted by atomic mass is 79.9. The van der Waals surface area contributed by atoms with Crippen molar-refractivity contribution in [1.29, 1.82) is 0 Å². The molecule has 2 N–H and O–H groups in total. The van der Waals surface area contributed by atoms with Crippen LogP contribution in [0, 0.1) is 0 Å². The van der Waals surface area contributed by atoms with Crippen LogP contribution in [0.2, 0.25) is 0 Å². The van der Waals surface area contributed by atoms with Crippen LogP contribution in [0.4, 0.5) is 4.79 Å². The van der Waals surface area contributed by atoms with E-state index in [0.717, 1.165) is 35.1 Å². The highest BCUT2D eigenvalue weighted by Crippen LogP contribution is 2.33. The molecule has 1 saturated carbocycles. The molecule has 1 saturated heterocycles. The first kappa shape index (κ1) is 19.9. The molecule has 0 radical (unpaired) electrons. The van der Waals surface area contributed by atoms with Gasteiger partial charge < -0.3 is 10.6 Å². The average molecular weight is 436 g/mol. The summed E-state index contributed by atoms with van der Waals surface area (Å²) in [5.74, 6) is -0.687. The van der Waals surface area contributed by atoms with Crippen LogP contribution >= 0.6 is 15.9 Å². The molecule has 6 nitrogen and oxygen atoms in total. The highest BCUT2D eigenvalue weighted by molar-refractivity contribution is 9.10. The molecule has 1 heterocycles. The van der Waals surface area contributed by atoms with Gasteiger partial charge in [0.2, 0.25) is 5.91 Å². The minimum Gasteiger partial charge on any atom is -0.352 e. The number of urea groups is 1. The number of nitrogens with one attached hydrogen (secondary N) is 2. The van der Waals surface area contributed by atoms with Crippen molar-refractivity contribution in [2.24, 2.45) is 0 Å². The predicted octanol–water partition coefficient (Wildman–Crippen LogP) is 3.45. The zero-order valence-corrected chi connectivity index (χ0v) is 17.2. The van der Waals surface area contributed by atoms with Gasteiger partial charge in [-0.3, -0.25) is 14.5 Å².